The number of benzene rings is 2. The van der Waals surface area contributed by atoms with Crippen LogP contribution < -0.4 is 20.1 Å². The molecule has 0 saturated heterocycles. The summed E-state index contributed by atoms with van der Waals surface area (Å²) in [7, 11) is 3.00. The fraction of sp³-hybridized carbons (Fsp3) is 0.176. The molecule has 0 bridgehead atoms. The molecule has 0 saturated carbocycles. The summed E-state index contributed by atoms with van der Waals surface area (Å²) in [5, 5.41) is 5.09. The smallest absolute Gasteiger partial charge is 0.314 e. The first-order chi connectivity index (χ1) is 11.0. The predicted molar refractivity (Wildman–Crippen MR) is 88.0 cm³/mol. The number of methoxy groups -OCH3 is 2. The summed E-state index contributed by atoms with van der Waals surface area (Å²) in [6, 6.07) is 12.1. The van der Waals surface area contributed by atoms with E-state index in [1.165, 1.54) is 14.2 Å². The van der Waals surface area contributed by atoms with Gasteiger partial charge in [0.1, 0.15) is 11.5 Å². The van der Waals surface area contributed by atoms with Gasteiger partial charge in [-0.15, -0.1) is 0 Å². The maximum Gasteiger partial charge on any atom is 0.314 e. The molecule has 0 aromatic heterocycles. The van der Waals surface area contributed by atoms with Gasteiger partial charge in [-0.05, 0) is 30.7 Å². The summed E-state index contributed by atoms with van der Waals surface area (Å²) in [5.74, 6) is -0.542. The van der Waals surface area contributed by atoms with Crippen molar-refractivity contribution < 1.29 is 19.1 Å². The Morgan fingerprint density at radius 3 is 2.13 bits per heavy atom. The van der Waals surface area contributed by atoms with Crippen LogP contribution in [0.4, 0.5) is 11.4 Å². The Morgan fingerprint density at radius 1 is 0.870 bits per heavy atom. The molecule has 2 aromatic carbocycles. The minimum atomic E-state index is -0.781. The van der Waals surface area contributed by atoms with E-state index >= 15 is 0 Å². The van der Waals surface area contributed by atoms with Crippen LogP contribution >= 0.6 is 0 Å². The van der Waals surface area contributed by atoms with Crippen molar-refractivity contribution in [3.63, 3.8) is 0 Å². The summed E-state index contributed by atoms with van der Waals surface area (Å²) >= 11 is 0. The molecule has 6 nitrogen and oxygen atoms in total. The van der Waals surface area contributed by atoms with E-state index in [4.69, 9.17) is 9.47 Å². The average molecular weight is 314 g/mol. The Bertz CT molecular complexity index is 728. The first-order valence-electron chi connectivity index (χ1n) is 6.95. The molecule has 0 spiro atoms. The molecule has 2 N–H and O–H groups in total. The lowest BCUT2D eigenvalue weighted by Crippen LogP contribution is -2.29. The molecule has 0 aliphatic rings. The Morgan fingerprint density at radius 2 is 1.52 bits per heavy atom. The molecule has 6 heteroatoms. The van der Waals surface area contributed by atoms with Gasteiger partial charge in [0.05, 0.1) is 19.9 Å². The first kappa shape index (κ1) is 16.4. The van der Waals surface area contributed by atoms with E-state index in [2.05, 4.69) is 10.6 Å². The van der Waals surface area contributed by atoms with Crippen molar-refractivity contribution >= 4 is 23.2 Å². The lowest BCUT2D eigenvalue weighted by molar-refractivity contribution is -0.133. The van der Waals surface area contributed by atoms with Gasteiger partial charge in [0.15, 0.2) is 0 Å². The highest BCUT2D eigenvalue weighted by atomic mass is 16.5. The number of para-hydroxylation sites is 1. The molecule has 0 radical (unpaired) electrons. The van der Waals surface area contributed by atoms with Crippen LogP contribution in [0.15, 0.2) is 42.5 Å². The van der Waals surface area contributed by atoms with Gasteiger partial charge < -0.3 is 20.1 Å². The largest absolute Gasteiger partial charge is 0.497 e. The van der Waals surface area contributed by atoms with Crippen molar-refractivity contribution in [1.29, 1.82) is 0 Å². The standard InChI is InChI=1S/C17H18N2O4/c1-11-6-4-5-7-13(11)18-16(20)17(21)19-14-9-8-12(22-2)10-15(14)23-3/h4-10H,1-3H3,(H,18,20)(H,19,21). The van der Waals surface area contributed by atoms with E-state index in [0.717, 1.165) is 5.56 Å². The number of carbonyl (C=O) groups is 2. The van der Waals surface area contributed by atoms with Crippen molar-refractivity contribution in [3.8, 4) is 11.5 Å². The van der Waals surface area contributed by atoms with Crippen LogP contribution in [0.2, 0.25) is 0 Å². The van der Waals surface area contributed by atoms with Gasteiger partial charge in [-0.25, -0.2) is 0 Å². The molecule has 120 valence electrons. The summed E-state index contributed by atoms with van der Waals surface area (Å²) in [4.78, 5) is 24.0. The van der Waals surface area contributed by atoms with Crippen molar-refractivity contribution in [3.05, 3.63) is 48.0 Å². The van der Waals surface area contributed by atoms with E-state index in [1.54, 1.807) is 30.3 Å². The van der Waals surface area contributed by atoms with Gasteiger partial charge in [0.25, 0.3) is 0 Å². The normalized spacial score (nSPS) is 9.87. The number of amides is 2. The fourth-order valence-electron chi connectivity index (χ4n) is 1.97. The van der Waals surface area contributed by atoms with Crippen LogP contribution in [0.5, 0.6) is 11.5 Å². The third-order valence-corrected chi connectivity index (χ3v) is 3.26. The number of hydrogen-bond acceptors (Lipinski definition) is 4. The third-order valence-electron chi connectivity index (χ3n) is 3.26. The molecule has 2 amide bonds. The number of rotatable bonds is 4. The van der Waals surface area contributed by atoms with Crippen molar-refractivity contribution in [1.82, 2.24) is 0 Å². The first-order valence-corrected chi connectivity index (χ1v) is 6.95. The quantitative estimate of drug-likeness (QED) is 0.851. The van der Waals surface area contributed by atoms with Crippen molar-refractivity contribution in [2.45, 2.75) is 6.92 Å². The van der Waals surface area contributed by atoms with Crippen LogP contribution in [-0.2, 0) is 9.59 Å². The van der Waals surface area contributed by atoms with Crippen LogP contribution in [0, 0.1) is 6.92 Å². The van der Waals surface area contributed by atoms with Gasteiger partial charge in [0, 0.05) is 11.8 Å². The average Bonchev–Trinajstić information content (AvgIpc) is 2.57. The Labute approximate surface area is 134 Å². The second-order valence-corrected chi connectivity index (χ2v) is 4.79. The zero-order valence-corrected chi connectivity index (χ0v) is 13.2. The molecular formula is C17H18N2O4. The van der Waals surface area contributed by atoms with Crippen LogP contribution in [0.25, 0.3) is 0 Å². The topological polar surface area (TPSA) is 76.7 Å². The summed E-state index contributed by atoms with van der Waals surface area (Å²) < 4.78 is 10.3. The van der Waals surface area contributed by atoms with E-state index < -0.39 is 11.8 Å². The number of aryl methyl sites for hydroxylation is 1. The maximum atomic E-state index is 12.0. The number of carbonyl (C=O) groups excluding carboxylic acids is 2. The molecule has 2 rings (SSSR count). The monoisotopic (exact) mass is 314 g/mol. The second-order valence-electron chi connectivity index (χ2n) is 4.79. The molecule has 0 fully saturated rings. The lowest BCUT2D eigenvalue weighted by atomic mass is 10.2. The third kappa shape index (κ3) is 4.00. The molecule has 0 aliphatic carbocycles. The lowest BCUT2D eigenvalue weighted by Gasteiger charge is -2.12. The van der Waals surface area contributed by atoms with Crippen molar-refractivity contribution in [2.24, 2.45) is 0 Å². The number of nitrogens with one attached hydrogen (secondary N) is 2. The van der Waals surface area contributed by atoms with Gasteiger partial charge >= 0.3 is 11.8 Å². The Hall–Kier alpha value is -3.02. The van der Waals surface area contributed by atoms with Gasteiger partial charge in [-0.3, -0.25) is 9.59 Å². The fourth-order valence-corrected chi connectivity index (χ4v) is 1.97. The molecule has 23 heavy (non-hydrogen) atoms. The van der Waals surface area contributed by atoms with Gasteiger partial charge in [0.2, 0.25) is 0 Å². The Balaban J connectivity index is 2.10. The minimum Gasteiger partial charge on any atom is -0.497 e. The minimum absolute atomic E-state index is 0.387. The molecule has 0 heterocycles. The summed E-state index contributed by atoms with van der Waals surface area (Å²) in [6.07, 6.45) is 0. The summed E-state index contributed by atoms with van der Waals surface area (Å²) in [5.41, 5.74) is 1.85. The predicted octanol–water partition coefficient (Wildman–Crippen LogP) is 2.59. The van der Waals surface area contributed by atoms with E-state index in [0.29, 0.717) is 22.9 Å². The number of anilines is 2. The number of ether oxygens (including phenoxy) is 2. The highest BCUT2D eigenvalue weighted by Crippen LogP contribution is 2.29. The van der Waals surface area contributed by atoms with Crippen LogP contribution in [-0.4, -0.2) is 26.0 Å². The number of hydrogen-bond donors (Lipinski definition) is 2. The van der Waals surface area contributed by atoms with Crippen LogP contribution in [0.3, 0.4) is 0 Å². The molecule has 0 aliphatic heterocycles. The maximum absolute atomic E-state index is 12.0. The zero-order valence-electron chi connectivity index (χ0n) is 13.2. The zero-order chi connectivity index (χ0) is 16.8. The molecule has 2 aromatic rings. The SMILES string of the molecule is COc1ccc(NC(=O)C(=O)Nc2ccccc2C)c(OC)c1. The van der Waals surface area contributed by atoms with Gasteiger partial charge in [-0.1, -0.05) is 18.2 Å². The highest BCUT2D eigenvalue weighted by Gasteiger charge is 2.17. The molecule has 0 atom stereocenters. The van der Waals surface area contributed by atoms with E-state index in [1.807, 2.05) is 19.1 Å². The second kappa shape index (κ2) is 7.31. The molecule has 0 unspecified atom stereocenters. The van der Waals surface area contributed by atoms with Crippen LogP contribution in [0.1, 0.15) is 5.56 Å². The Kier molecular flexibility index (Phi) is 5.19. The van der Waals surface area contributed by atoms with Gasteiger partial charge in [-0.2, -0.15) is 0 Å². The van der Waals surface area contributed by atoms with E-state index in [9.17, 15) is 9.59 Å². The van der Waals surface area contributed by atoms with E-state index in [-0.39, 0.29) is 0 Å². The van der Waals surface area contributed by atoms with Crippen molar-refractivity contribution in [2.75, 3.05) is 24.9 Å². The summed E-state index contributed by atoms with van der Waals surface area (Å²) in [6.45, 7) is 1.85. The molecular weight excluding hydrogens is 296 g/mol. The highest BCUT2D eigenvalue weighted by molar-refractivity contribution is 6.43.